The molecule has 1 aromatic heterocycles. The Kier molecular flexibility index (Phi) is 5.74. The second kappa shape index (κ2) is 8.36. The van der Waals surface area contributed by atoms with E-state index in [1.807, 2.05) is 12.3 Å². The molecule has 0 bridgehead atoms. The van der Waals surface area contributed by atoms with E-state index in [9.17, 15) is 24.6 Å². The highest BCUT2D eigenvalue weighted by molar-refractivity contribution is 5.99. The maximum absolute atomic E-state index is 12.7. The minimum absolute atomic E-state index is 0.227. The molecule has 0 saturated carbocycles. The molecule has 4 N–H and O–H groups in total. The first-order valence-corrected chi connectivity index (χ1v) is 10.6. The van der Waals surface area contributed by atoms with Crippen LogP contribution in [0.4, 0.5) is 5.69 Å². The zero-order chi connectivity index (χ0) is 23.0. The van der Waals surface area contributed by atoms with Gasteiger partial charge in [0.1, 0.15) is 0 Å². The molecule has 1 aromatic carbocycles. The highest BCUT2D eigenvalue weighted by Gasteiger charge is 2.44. The number of fused-ring (bicyclic) bond motifs is 1. The van der Waals surface area contributed by atoms with Gasteiger partial charge < -0.3 is 25.7 Å². The number of carbonyl (C=O) groups excluding carboxylic acids is 3. The molecule has 1 spiro atoms. The van der Waals surface area contributed by atoms with Crippen molar-refractivity contribution in [1.29, 1.82) is 0 Å². The van der Waals surface area contributed by atoms with Crippen molar-refractivity contribution < 1.29 is 24.6 Å². The lowest BCUT2D eigenvalue weighted by Crippen LogP contribution is -2.61. The molecule has 2 aromatic rings. The van der Waals surface area contributed by atoms with E-state index in [2.05, 4.69) is 15.7 Å². The molecule has 0 radical (unpaired) electrons. The molecule has 10 heteroatoms. The number of nitrogens with zero attached hydrogens (tertiary/aromatic N) is 3. The van der Waals surface area contributed by atoms with Crippen LogP contribution in [0.15, 0.2) is 30.5 Å². The summed E-state index contributed by atoms with van der Waals surface area (Å²) in [4.78, 5) is 39.0. The summed E-state index contributed by atoms with van der Waals surface area (Å²) >= 11 is 0. The number of aliphatic hydroxyl groups excluding tert-OH is 2. The zero-order valence-electron chi connectivity index (χ0n) is 18.0. The molecule has 4 rings (SSSR count). The van der Waals surface area contributed by atoms with Gasteiger partial charge in [-0.05, 0) is 37.8 Å². The summed E-state index contributed by atoms with van der Waals surface area (Å²) in [5.74, 6) is -1.79. The molecule has 2 atom stereocenters. The second-order valence-electron chi connectivity index (χ2n) is 8.61. The van der Waals surface area contributed by atoms with Crippen molar-refractivity contribution in [2.75, 3.05) is 18.4 Å². The highest BCUT2D eigenvalue weighted by Crippen LogP contribution is 2.31. The zero-order valence-corrected chi connectivity index (χ0v) is 18.0. The Balaban J connectivity index is 1.36. The van der Waals surface area contributed by atoms with Gasteiger partial charge in [0.15, 0.2) is 17.9 Å². The minimum Gasteiger partial charge on any atom is -0.380 e. The number of para-hydroxylation sites is 1. The van der Waals surface area contributed by atoms with Gasteiger partial charge >= 0.3 is 0 Å². The molecule has 10 nitrogen and oxygen atoms in total. The van der Waals surface area contributed by atoms with E-state index >= 15 is 0 Å². The van der Waals surface area contributed by atoms with Crippen molar-refractivity contribution in [2.24, 2.45) is 7.05 Å². The van der Waals surface area contributed by atoms with Crippen molar-refractivity contribution >= 4 is 23.4 Å². The van der Waals surface area contributed by atoms with Crippen molar-refractivity contribution in [1.82, 2.24) is 20.0 Å². The van der Waals surface area contributed by atoms with Gasteiger partial charge in [-0.25, -0.2) is 0 Å². The van der Waals surface area contributed by atoms with Crippen LogP contribution in [0.25, 0.3) is 0 Å². The van der Waals surface area contributed by atoms with Crippen LogP contribution in [0.3, 0.4) is 0 Å². The number of amides is 3. The van der Waals surface area contributed by atoms with Crippen LogP contribution in [0.2, 0.25) is 0 Å². The molecule has 0 aliphatic carbocycles. The Morgan fingerprint density at radius 1 is 1.19 bits per heavy atom. The SMILES string of the molecule is Cc1ccccc1NC(=O)[C@@H](O)[C@H](O)C(=O)N1CCC2(CC1)Cc1cn(C)nc1C(=O)N2. The molecule has 0 unspecified atom stereocenters. The Bertz CT molecular complexity index is 1060. The third-order valence-electron chi connectivity index (χ3n) is 6.28. The van der Waals surface area contributed by atoms with E-state index in [1.165, 1.54) is 4.90 Å². The summed E-state index contributed by atoms with van der Waals surface area (Å²) in [5.41, 5.74) is 2.12. The van der Waals surface area contributed by atoms with Crippen LogP contribution in [0, 0.1) is 6.92 Å². The van der Waals surface area contributed by atoms with Crippen LogP contribution in [-0.2, 0) is 23.1 Å². The summed E-state index contributed by atoms with van der Waals surface area (Å²) in [6, 6.07) is 7.02. The van der Waals surface area contributed by atoms with E-state index < -0.39 is 29.6 Å². The number of benzene rings is 1. The molecule has 3 amide bonds. The van der Waals surface area contributed by atoms with Crippen molar-refractivity contribution in [3.8, 4) is 0 Å². The number of hydrogen-bond donors (Lipinski definition) is 4. The topological polar surface area (TPSA) is 137 Å². The lowest BCUT2D eigenvalue weighted by molar-refractivity contribution is -0.152. The third-order valence-corrected chi connectivity index (χ3v) is 6.28. The summed E-state index contributed by atoms with van der Waals surface area (Å²) in [5, 5.41) is 30.4. The number of nitrogens with one attached hydrogen (secondary N) is 2. The van der Waals surface area contributed by atoms with Gasteiger partial charge in [-0.3, -0.25) is 19.1 Å². The maximum atomic E-state index is 12.7. The third kappa shape index (κ3) is 4.11. The van der Waals surface area contributed by atoms with E-state index in [1.54, 1.807) is 36.9 Å². The molecule has 32 heavy (non-hydrogen) atoms. The smallest absolute Gasteiger partial charge is 0.272 e. The number of likely N-dealkylation sites (tertiary alicyclic amines) is 1. The fourth-order valence-corrected chi connectivity index (χ4v) is 4.41. The molecule has 2 aliphatic heterocycles. The lowest BCUT2D eigenvalue weighted by atomic mass is 9.79. The van der Waals surface area contributed by atoms with Crippen LogP contribution >= 0.6 is 0 Å². The molecule has 1 fully saturated rings. The van der Waals surface area contributed by atoms with Crippen LogP contribution in [-0.4, -0.2) is 73.5 Å². The van der Waals surface area contributed by atoms with E-state index in [0.717, 1.165) is 11.1 Å². The van der Waals surface area contributed by atoms with Gasteiger partial charge in [-0.15, -0.1) is 0 Å². The van der Waals surface area contributed by atoms with Gasteiger partial charge in [0.2, 0.25) is 0 Å². The summed E-state index contributed by atoms with van der Waals surface area (Å²) in [6.07, 6.45) is -0.327. The Morgan fingerprint density at radius 3 is 2.56 bits per heavy atom. The average molecular weight is 441 g/mol. The van der Waals surface area contributed by atoms with E-state index in [4.69, 9.17) is 0 Å². The number of piperidine rings is 1. The maximum Gasteiger partial charge on any atom is 0.272 e. The Labute approximate surface area is 185 Å². The molecule has 170 valence electrons. The van der Waals surface area contributed by atoms with Crippen molar-refractivity contribution in [3.63, 3.8) is 0 Å². The second-order valence-corrected chi connectivity index (χ2v) is 8.61. The first kappa shape index (κ1) is 22.0. The summed E-state index contributed by atoms with van der Waals surface area (Å²) in [6.45, 7) is 2.38. The standard InChI is InChI=1S/C22H27N5O5/c1-13-5-3-4-6-15(13)23-20(31)17(28)18(29)21(32)27-9-7-22(8-10-27)11-14-12-26(2)25-16(14)19(30)24-22/h3-6,12,17-18,28-29H,7-11H2,1-2H3,(H,23,31)(H,24,30)/t17-,18-/m0/s1. The van der Waals surface area contributed by atoms with Crippen LogP contribution < -0.4 is 10.6 Å². The molecule has 1 saturated heterocycles. The normalized spacial score (nSPS) is 19.1. The van der Waals surface area contributed by atoms with Crippen LogP contribution in [0.5, 0.6) is 0 Å². The Hall–Kier alpha value is -3.24. The van der Waals surface area contributed by atoms with Crippen molar-refractivity contribution in [3.05, 3.63) is 47.3 Å². The lowest BCUT2D eigenvalue weighted by Gasteiger charge is -2.44. The molecule has 2 aliphatic rings. The first-order valence-electron chi connectivity index (χ1n) is 10.6. The number of hydrogen-bond acceptors (Lipinski definition) is 6. The fourth-order valence-electron chi connectivity index (χ4n) is 4.41. The van der Waals surface area contributed by atoms with Gasteiger partial charge in [-0.2, -0.15) is 5.10 Å². The quantitative estimate of drug-likeness (QED) is 0.516. The van der Waals surface area contributed by atoms with Gasteiger partial charge in [-0.1, -0.05) is 18.2 Å². The van der Waals surface area contributed by atoms with E-state index in [-0.39, 0.29) is 19.0 Å². The number of rotatable bonds is 4. The molecular formula is C22H27N5O5. The van der Waals surface area contributed by atoms with Crippen LogP contribution in [0.1, 0.15) is 34.5 Å². The van der Waals surface area contributed by atoms with Gasteiger partial charge in [0.25, 0.3) is 17.7 Å². The van der Waals surface area contributed by atoms with E-state index in [0.29, 0.717) is 30.6 Å². The largest absolute Gasteiger partial charge is 0.380 e. The van der Waals surface area contributed by atoms with Gasteiger partial charge in [0.05, 0.1) is 0 Å². The number of aliphatic hydroxyl groups is 2. The first-order chi connectivity index (χ1) is 15.2. The average Bonchev–Trinajstić information content (AvgIpc) is 3.14. The predicted molar refractivity (Wildman–Crippen MR) is 115 cm³/mol. The predicted octanol–water partition coefficient (Wildman–Crippen LogP) is -0.264. The van der Waals surface area contributed by atoms with Crippen molar-refractivity contribution in [2.45, 2.75) is 43.9 Å². The van der Waals surface area contributed by atoms with Gasteiger partial charge in [0, 0.05) is 43.1 Å². The number of aromatic nitrogens is 2. The highest BCUT2D eigenvalue weighted by atomic mass is 16.3. The number of carbonyl (C=O) groups is 3. The monoisotopic (exact) mass is 441 g/mol. The molecule has 3 heterocycles. The number of anilines is 1. The fraction of sp³-hybridized carbons (Fsp3) is 0.455. The minimum atomic E-state index is -1.90. The Morgan fingerprint density at radius 2 is 1.88 bits per heavy atom. The summed E-state index contributed by atoms with van der Waals surface area (Å²) in [7, 11) is 1.77. The summed E-state index contributed by atoms with van der Waals surface area (Å²) < 4.78 is 1.61. The molecular weight excluding hydrogens is 414 g/mol. The number of aryl methyl sites for hydroxylation is 2.